The Morgan fingerprint density at radius 1 is 1.32 bits per heavy atom. The van der Waals surface area contributed by atoms with Crippen LogP contribution in [0.25, 0.3) is 11.0 Å². The molecule has 2 saturated heterocycles. The van der Waals surface area contributed by atoms with Crippen molar-refractivity contribution in [3.8, 4) is 0 Å². The lowest BCUT2D eigenvalue weighted by Gasteiger charge is -2.38. The molecule has 0 aliphatic carbocycles. The topological polar surface area (TPSA) is 32.5 Å². The van der Waals surface area contributed by atoms with Crippen LogP contribution in [0.4, 0.5) is 5.82 Å². The van der Waals surface area contributed by atoms with Crippen LogP contribution in [0.1, 0.15) is 18.6 Å². The fourth-order valence-corrected chi connectivity index (χ4v) is 3.51. The van der Waals surface area contributed by atoms with Crippen LogP contribution in [-0.4, -0.2) is 42.1 Å². The Balaban J connectivity index is 1.70. The number of nitrogens with zero attached hydrogens (tertiary/aromatic N) is 3. The molecule has 2 aliphatic rings. The van der Waals surface area contributed by atoms with E-state index < -0.39 is 0 Å². The highest BCUT2D eigenvalue weighted by molar-refractivity contribution is 5.89. The second kappa shape index (κ2) is 4.23. The standard InChI is InChI=1S/C15H19N3O/c1-11-9-13-14(19-11)4-5-16-15(13)18-8-7-17-6-2-3-12(17)10-18/h4-5,9,12H,2-3,6-8,10H2,1H3/t12-/m1/s1. The van der Waals surface area contributed by atoms with Crippen molar-refractivity contribution in [3.63, 3.8) is 0 Å². The van der Waals surface area contributed by atoms with E-state index in [0.717, 1.165) is 41.7 Å². The number of piperazine rings is 1. The molecule has 2 aliphatic heterocycles. The number of hydrogen-bond acceptors (Lipinski definition) is 4. The molecule has 0 aromatic carbocycles. The summed E-state index contributed by atoms with van der Waals surface area (Å²) >= 11 is 0. The van der Waals surface area contributed by atoms with E-state index in [-0.39, 0.29) is 0 Å². The predicted octanol–water partition coefficient (Wildman–Crippen LogP) is 2.42. The van der Waals surface area contributed by atoms with Gasteiger partial charge in [-0.15, -0.1) is 0 Å². The first kappa shape index (κ1) is 11.3. The number of aryl methyl sites for hydroxylation is 1. The van der Waals surface area contributed by atoms with Gasteiger partial charge in [-0.3, -0.25) is 4.90 Å². The number of furan rings is 1. The van der Waals surface area contributed by atoms with Crippen molar-refractivity contribution in [2.45, 2.75) is 25.8 Å². The van der Waals surface area contributed by atoms with Crippen molar-refractivity contribution < 1.29 is 4.42 Å². The van der Waals surface area contributed by atoms with Gasteiger partial charge in [0.05, 0.1) is 5.39 Å². The Morgan fingerprint density at radius 3 is 3.21 bits per heavy atom. The van der Waals surface area contributed by atoms with Gasteiger partial charge in [-0.1, -0.05) is 0 Å². The van der Waals surface area contributed by atoms with Crippen LogP contribution < -0.4 is 4.90 Å². The van der Waals surface area contributed by atoms with E-state index in [1.807, 2.05) is 19.2 Å². The highest BCUT2D eigenvalue weighted by Crippen LogP contribution is 2.30. The summed E-state index contributed by atoms with van der Waals surface area (Å²) in [4.78, 5) is 9.66. The quantitative estimate of drug-likeness (QED) is 0.785. The van der Waals surface area contributed by atoms with E-state index in [4.69, 9.17) is 4.42 Å². The summed E-state index contributed by atoms with van der Waals surface area (Å²) in [7, 11) is 0. The summed E-state index contributed by atoms with van der Waals surface area (Å²) < 4.78 is 5.71. The zero-order valence-electron chi connectivity index (χ0n) is 11.3. The molecule has 4 nitrogen and oxygen atoms in total. The molecular formula is C15H19N3O. The third-order valence-electron chi connectivity index (χ3n) is 4.43. The molecule has 0 amide bonds. The van der Waals surface area contributed by atoms with Crippen molar-refractivity contribution in [1.82, 2.24) is 9.88 Å². The van der Waals surface area contributed by atoms with Crippen LogP contribution in [-0.2, 0) is 0 Å². The summed E-state index contributed by atoms with van der Waals surface area (Å²) in [6.45, 7) is 6.63. The molecule has 2 aromatic heterocycles. The molecule has 0 bridgehead atoms. The molecule has 4 heteroatoms. The van der Waals surface area contributed by atoms with Crippen LogP contribution in [0, 0.1) is 6.92 Å². The minimum Gasteiger partial charge on any atom is -0.461 e. The largest absolute Gasteiger partial charge is 0.461 e. The number of fused-ring (bicyclic) bond motifs is 2. The summed E-state index contributed by atoms with van der Waals surface area (Å²) in [5, 5.41) is 1.16. The van der Waals surface area contributed by atoms with Gasteiger partial charge in [-0.05, 0) is 38.4 Å². The van der Waals surface area contributed by atoms with E-state index in [1.54, 1.807) is 0 Å². The molecule has 0 radical (unpaired) electrons. The molecule has 0 saturated carbocycles. The van der Waals surface area contributed by atoms with Crippen LogP contribution in [0.3, 0.4) is 0 Å². The van der Waals surface area contributed by atoms with Gasteiger partial charge in [0.2, 0.25) is 0 Å². The second-order valence-electron chi connectivity index (χ2n) is 5.68. The average Bonchev–Trinajstić information content (AvgIpc) is 3.01. The fraction of sp³-hybridized carbons (Fsp3) is 0.533. The SMILES string of the molecule is Cc1cc2c(N3CCN4CCC[C@@H]4C3)nccc2o1. The third-order valence-corrected chi connectivity index (χ3v) is 4.43. The summed E-state index contributed by atoms with van der Waals surface area (Å²) in [6.07, 6.45) is 4.54. The molecule has 4 rings (SSSR count). The fourth-order valence-electron chi connectivity index (χ4n) is 3.51. The Morgan fingerprint density at radius 2 is 2.26 bits per heavy atom. The van der Waals surface area contributed by atoms with Crippen molar-refractivity contribution in [2.75, 3.05) is 31.1 Å². The van der Waals surface area contributed by atoms with E-state index in [9.17, 15) is 0 Å². The zero-order chi connectivity index (χ0) is 12.8. The van der Waals surface area contributed by atoms with Gasteiger partial charge in [0, 0.05) is 31.9 Å². The summed E-state index contributed by atoms with van der Waals surface area (Å²) in [5.74, 6) is 2.06. The lowest BCUT2D eigenvalue weighted by molar-refractivity contribution is 0.230. The van der Waals surface area contributed by atoms with Gasteiger partial charge in [-0.2, -0.15) is 0 Å². The molecule has 0 unspecified atom stereocenters. The summed E-state index contributed by atoms with van der Waals surface area (Å²) in [6, 6.07) is 4.79. The number of pyridine rings is 1. The van der Waals surface area contributed by atoms with Gasteiger partial charge in [-0.25, -0.2) is 4.98 Å². The predicted molar refractivity (Wildman–Crippen MR) is 75.6 cm³/mol. The second-order valence-corrected chi connectivity index (χ2v) is 5.68. The van der Waals surface area contributed by atoms with Gasteiger partial charge < -0.3 is 9.32 Å². The number of anilines is 1. The van der Waals surface area contributed by atoms with Crippen LogP contribution in [0.15, 0.2) is 22.7 Å². The highest BCUT2D eigenvalue weighted by atomic mass is 16.3. The van der Waals surface area contributed by atoms with Crippen LogP contribution in [0.2, 0.25) is 0 Å². The Hall–Kier alpha value is -1.55. The van der Waals surface area contributed by atoms with Crippen LogP contribution >= 0.6 is 0 Å². The van der Waals surface area contributed by atoms with E-state index >= 15 is 0 Å². The molecule has 0 spiro atoms. The maximum atomic E-state index is 5.71. The number of hydrogen-bond donors (Lipinski definition) is 0. The molecule has 2 fully saturated rings. The number of rotatable bonds is 1. The summed E-state index contributed by atoms with van der Waals surface area (Å²) in [5.41, 5.74) is 0.955. The van der Waals surface area contributed by atoms with E-state index in [2.05, 4.69) is 20.9 Å². The Kier molecular flexibility index (Phi) is 2.52. The maximum absolute atomic E-state index is 5.71. The lowest BCUT2D eigenvalue weighted by Crippen LogP contribution is -2.50. The van der Waals surface area contributed by atoms with Gasteiger partial charge in [0.15, 0.2) is 0 Å². The third kappa shape index (κ3) is 1.82. The molecule has 2 aromatic rings. The number of aromatic nitrogens is 1. The first-order valence-corrected chi connectivity index (χ1v) is 7.15. The first-order valence-electron chi connectivity index (χ1n) is 7.15. The minimum absolute atomic E-state index is 0.721. The van der Waals surface area contributed by atoms with Gasteiger partial charge in [0.25, 0.3) is 0 Å². The maximum Gasteiger partial charge on any atom is 0.139 e. The molecule has 100 valence electrons. The average molecular weight is 257 g/mol. The Bertz CT molecular complexity index is 606. The van der Waals surface area contributed by atoms with Crippen molar-refractivity contribution in [3.05, 3.63) is 24.1 Å². The van der Waals surface area contributed by atoms with E-state index in [1.165, 1.54) is 25.9 Å². The Labute approximate surface area is 113 Å². The minimum atomic E-state index is 0.721. The molecule has 19 heavy (non-hydrogen) atoms. The smallest absolute Gasteiger partial charge is 0.139 e. The molecular weight excluding hydrogens is 238 g/mol. The molecule has 4 heterocycles. The highest BCUT2D eigenvalue weighted by Gasteiger charge is 2.31. The first-order chi connectivity index (χ1) is 9.31. The van der Waals surface area contributed by atoms with Crippen molar-refractivity contribution in [1.29, 1.82) is 0 Å². The van der Waals surface area contributed by atoms with Crippen LogP contribution in [0.5, 0.6) is 0 Å². The van der Waals surface area contributed by atoms with E-state index in [0.29, 0.717) is 0 Å². The normalized spacial score (nSPS) is 24.1. The monoisotopic (exact) mass is 257 g/mol. The van der Waals surface area contributed by atoms with Gasteiger partial charge in [0.1, 0.15) is 17.2 Å². The molecule has 1 atom stereocenters. The van der Waals surface area contributed by atoms with Crippen molar-refractivity contribution >= 4 is 16.8 Å². The zero-order valence-corrected chi connectivity index (χ0v) is 11.3. The molecule has 0 N–H and O–H groups in total. The van der Waals surface area contributed by atoms with Gasteiger partial charge >= 0.3 is 0 Å². The van der Waals surface area contributed by atoms with Crippen molar-refractivity contribution in [2.24, 2.45) is 0 Å². The lowest BCUT2D eigenvalue weighted by atomic mass is 10.1.